The smallest absolute Gasteiger partial charge is 0.168 e. The minimum absolute atomic E-state index is 0.0275. The third kappa shape index (κ3) is 2.88. The van der Waals surface area contributed by atoms with Gasteiger partial charge in [-0.2, -0.15) is 13.2 Å². The first kappa shape index (κ1) is 13.9. The number of aryl methyl sites for hydroxylation is 1. The van der Waals surface area contributed by atoms with Gasteiger partial charge in [0.15, 0.2) is 4.08 Å². The van der Waals surface area contributed by atoms with Crippen molar-refractivity contribution in [2.75, 3.05) is 5.75 Å². The van der Waals surface area contributed by atoms with E-state index in [1.807, 2.05) is 19.1 Å². The van der Waals surface area contributed by atoms with Crippen LogP contribution >= 0.6 is 23.5 Å². The van der Waals surface area contributed by atoms with Crippen LogP contribution in [0.5, 0.6) is 0 Å². The van der Waals surface area contributed by atoms with Crippen molar-refractivity contribution in [1.29, 1.82) is 0 Å². The van der Waals surface area contributed by atoms with Gasteiger partial charge in [0.2, 0.25) is 0 Å². The van der Waals surface area contributed by atoms with E-state index in [4.69, 9.17) is 0 Å². The molecule has 18 heavy (non-hydrogen) atoms. The van der Waals surface area contributed by atoms with Gasteiger partial charge in [0.05, 0.1) is 0 Å². The van der Waals surface area contributed by atoms with Gasteiger partial charge < -0.3 is 0 Å². The molecular weight excluding hydrogens is 277 g/mol. The van der Waals surface area contributed by atoms with E-state index in [1.54, 1.807) is 24.3 Å². The molecular formula is C13H13F3S2. The van der Waals surface area contributed by atoms with Crippen LogP contribution in [-0.4, -0.2) is 16.0 Å². The summed E-state index contributed by atoms with van der Waals surface area (Å²) in [4.78, 5) is 0.667. The molecule has 1 atom stereocenters. The van der Waals surface area contributed by atoms with Crippen LogP contribution < -0.4 is 0 Å². The zero-order chi connectivity index (χ0) is 13.2. The van der Waals surface area contributed by atoms with Crippen molar-refractivity contribution >= 4 is 23.5 Å². The second-order valence-corrected chi connectivity index (χ2v) is 7.10. The summed E-state index contributed by atoms with van der Waals surface area (Å²) in [5.74, 6) is 0.415. The Morgan fingerprint density at radius 1 is 1.17 bits per heavy atom. The van der Waals surface area contributed by atoms with Crippen LogP contribution in [0.3, 0.4) is 0 Å². The predicted octanol–water partition coefficient (Wildman–Crippen LogP) is 5.04. The first-order valence-corrected chi connectivity index (χ1v) is 7.34. The summed E-state index contributed by atoms with van der Waals surface area (Å²) in [7, 11) is 0. The molecule has 0 amide bonds. The van der Waals surface area contributed by atoms with Gasteiger partial charge in [0.1, 0.15) is 0 Å². The van der Waals surface area contributed by atoms with E-state index < -0.39 is 10.3 Å². The lowest BCUT2D eigenvalue weighted by Crippen LogP contribution is -2.39. The van der Waals surface area contributed by atoms with Gasteiger partial charge >= 0.3 is 6.18 Å². The molecule has 0 bridgehead atoms. The van der Waals surface area contributed by atoms with Crippen LogP contribution in [-0.2, 0) is 0 Å². The molecule has 0 aromatic heterocycles. The minimum atomic E-state index is -4.21. The Bertz CT molecular complexity index is 437. The minimum Gasteiger partial charge on any atom is -0.168 e. The molecule has 1 aromatic rings. The molecule has 1 aliphatic heterocycles. The Labute approximate surface area is 113 Å². The molecule has 0 saturated carbocycles. The maximum atomic E-state index is 13.3. The zero-order valence-electron chi connectivity index (χ0n) is 9.83. The fourth-order valence-corrected chi connectivity index (χ4v) is 4.23. The number of allylic oxidation sites excluding steroid dienone is 1. The standard InChI is InChI=1S/C13H13F3S2/c1-10-4-6-11(7-5-10)18-12(13(14,15)16)8-2-3-9-17-12/h2-7H,8-9H2,1H3. The van der Waals surface area contributed by atoms with E-state index >= 15 is 0 Å². The van der Waals surface area contributed by atoms with Crippen LogP contribution in [0.1, 0.15) is 12.0 Å². The van der Waals surface area contributed by atoms with Crippen molar-refractivity contribution in [2.45, 2.75) is 28.5 Å². The van der Waals surface area contributed by atoms with E-state index in [1.165, 1.54) is 0 Å². The number of rotatable bonds is 2. The third-order valence-electron chi connectivity index (χ3n) is 2.70. The molecule has 0 fully saturated rings. The fourth-order valence-electron chi connectivity index (χ4n) is 1.67. The van der Waals surface area contributed by atoms with Crippen LogP contribution in [0.2, 0.25) is 0 Å². The van der Waals surface area contributed by atoms with E-state index in [-0.39, 0.29) is 6.42 Å². The lowest BCUT2D eigenvalue weighted by atomic mass is 10.2. The molecule has 5 heteroatoms. The Hall–Kier alpha value is -0.550. The molecule has 0 saturated heterocycles. The van der Waals surface area contributed by atoms with Crippen molar-refractivity contribution in [1.82, 2.24) is 0 Å². The van der Waals surface area contributed by atoms with Crippen molar-refractivity contribution in [3.63, 3.8) is 0 Å². The number of alkyl halides is 3. The highest BCUT2D eigenvalue weighted by atomic mass is 32.2. The summed E-state index contributed by atoms with van der Waals surface area (Å²) < 4.78 is 38.1. The number of halogens is 3. The number of hydrogen-bond acceptors (Lipinski definition) is 2. The van der Waals surface area contributed by atoms with Gasteiger partial charge in [-0.25, -0.2) is 0 Å². The van der Waals surface area contributed by atoms with Crippen LogP contribution in [0, 0.1) is 6.92 Å². The Morgan fingerprint density at radius 3 is 2.33 bits per heavy atom. The number of thioether (sulfide) groups is 2. The third-order valence-corrected chi connectivity index (χ3v) is 5.76. The van der Waals surface area contributed by atoms with Gasteiger partial charge in [-0.1, -0.05) is 41.6 Å². The summed E-state index contributed by atoms with van der Waals surface area (Å²) in [6.07, 6.45) is -0.757. The lowest BCUT2D eigenvalue weighted by Gasteiger charge is -2.35. The quantitative estimate of drug-likeness (QED) is 0.700. The largest absolute Gasteiger partial charge is 0.412 e. The molecule has 0 spiro atoms. The van der Waals surface area contributed by atoms with Gasteiger partial charge in [0, 0.05) is 10.6 Å². The monoisotopic (exact) mass is 290 g/mol. The highest BCUT2D eigenvalue weighted by Gasteiger charge is 2.55. The lowest BCUT2D eigenvalue weighted by molar-refractivity contribution is -0.136. The van der Waals surface area contributed by atoms with Gasteiger partial charge in [0.25, 0.3) is 0 Å². The number of hydrogen-bond donors (Lipinski definition) is 0. The van der Waals surface area contributed by atoms with E-state index in [0.717, 1.165) is 29.1 Å². The zero-order valence-corrected chi connectivity index (χ0v) is 11.5. The molecule has 1 aliphatic rings. The molecule has 1 unspecified atom stereocenters. The highest BCUT2D eigenvalue weighted by Crippen LogP contribution is 2.56. The molecule has 0 nitrogen and oxygen atoms in total. The summed E-state index contributed by atoms with van der Waals surface area (Å²) in [6, 6.07) is 7.20. The summed E-state index contributed by atoms with van der Waals surface area (Å²) in [5, 5.41) is 0. The summed E-state index contributed by atoms with van der Waals surface area (Å²) in [5.41, 5.74) is 1.05. The average molecular weight is 290 g/mol. The van der Waals surface area contributed by atoms with E-state index in [0.29, 0.717) is 10.6 Å². The molecule has 1 aromatic carbocycles. The average Bonchev–Trinajstić information content (AvgIpc) is 2.32. The fraction of sp³-hybridized carbons (Fsp3) is 0.385. The predicted molar refractivity (Wildman–Crippen MR) is 72.0 cm³/mol. The molecule has 0 radical (unpaired) electrons. The van der Waals surface area contributed by atoms with Gasteiger partial charge in [-0.05, 0) is 25.5 Å². The Kier molecular flexibility index (Phi) is 4.02. The summed E-state index contributed by atoms with van der Waals surface area (Å²) in [6.45, 7) is 1.92. The van der Waals surface area contributed by atoms with Crippen LogP contribution in [0.25, 0.3) is 0 Å². The van der Waals surface area contributed by atoms with Crippen LogP contribution in [0.15, 0.2) is 41.3 Å². The SMILES string of the molecule is Cc1ccc(SC2(C(F)(F)F)CC=CCS2)cc1. The first-order chi connectivity index (χ1) is 8.43. The van der Waals surface area contributed by atoms with Gasteiger partial charge in [-0.15, -0.1) is 11.8 Å². The molecule has 0 aliphatic carbocycles. The topological polar surface area (TPSA) is 0 Å². The molecule has 2 rings (SSSR count). The normalized spacial score (nSPS) is 24.2. The molecule has 98 valence electrons. The highest BCUT2D eigenvalue weighted by molar-refractivity contribution is 8.18. The second kappa shape index (κ2) is 5.21. The Morgan fingerprint density at radius 2 is 1.83 bits per heavy atom. The van der Waals surface area contributed by atoms with E-state index in [2.05, 4.69) is 0 Å². The van der Waals surface area contributed by atoms with Crippen molar-refractivity contribution < 1.29 is 13.2 Å². The van der Waals surface area contributed by atoms with Gasteiger partial charge in [-0.3, -0.25) is 0 Å². The maximum Gasteiger partial charge on any atom is 0.412 e. The Balaban J connectivity index is 2.26. The van der Waals surface area contributed by atoms with Crippen molar-refractivity contribution in [2.24, 2.45) is 0 Å². The van der Waals surface area contributed by atoms with E-state index in [9.17, 15) is 13.2 Å². The second-order valence-electron chi connectivity index (χ2n) is 4.15. The molecule has 0 N–H and O–H groups in total. The maximum absolute atomic E-state index is 13.3. The number of benzene rings is 1. The van der Waals surface area contributed by atoms with Crippen molar-refractivity contribution in [3.8, 4) is 0 Å². The van der Waals surface area contributed by atoms with Crippen LogP contribution in [0.4, 0.5) is 13.2 Å². The summed E-state index contributed by atoms with van der Waals surface area (Å²) >= 11 is 1.88. The first-order valence-electron chi connectivity index (χ1n) is 5.54. The molecule has 1 heterocycles. The van der Waals surface area contributed by atoms with Crippen molar-refractivity contribution in [3.05, 3.63) is 42.0 Å².